The number of fused-ring (bicyclic) bond motifs is 1. The van der Waals surface area contributed by atoms with Crippen molar-refractivity contribution < 1.29 is 9.84 Å². The summed E-state index contributed by atoms with van der Waals surface area (Å²) in [6.45, 7) is 3.62. The van der Waals surface area contributed by atoms with Gasteiger partial charge >= 0.3 is 0 Å². The number of ether oxygens (including phenoxy) is 1. The van der Waals surface area contributed by atoms with Gasteiger partial charge in [0.25, 0.3) is 0 Å². The van der Waals surface area contributed by atoms with E-state index < -0.39 is 5.60 Å². The van der Waals surface area contributed by atoms with Crippen LogP contribution < -0.4 is 4.90 Å². The Bertz CT molecular complexity index is 792. The zero-order chi connectivity index (χ0) is 17.7. The maximum atomic E-state index is 10.5. The van der Waals surface area contributed by atoms with Crippen LogP contribution in [0.4, 0.5) is 5.82 Å². The van der Waals surface area contributed by atoms with Crippen LogP contribution in [0.3, 0.4) is 0 Å². The molecule has 1 N–H and O–H groups in total. The van der Waals surface area contributed by atoms with Crippen LogP contribution in [-0.2, 0) is 4.74 Å². The predicted octanol–water partition coefficient (Wildman–Crippen LogP) is 0.664. The van der Waals surface area contributed by atoms with Crippen LogP contribution in [0.25, 0.3) is 5.65 Å². The van der Waals surface area contributed by atoms with E-state index in [1.807, 2.05) is 16.6 Å². The number of anilines is 1. The van der Waals surface area contributed by atoms with Crippen molar-refractivity contribution >= 4 is 11.5 Å². The Morgan fingerprint density at radius 1 is 1.31 bits per heavy atom. The summed E-state index contributed by atoms with van der Waals surface area (Å²) in [5, 5.41) is 23.9. The number of hydrogen-bond donors (Lipinski definition) is 1. The summed E-state index contributed by atoms with van der Waals surface area (Å²) in [6, 6.07) is 4.47. The Morgan fingerprint density at radius 2 is 2.15 bits per heavy atom. The Labute approximate surface area is 152 Å². The minimum Gasteiger partial charge on any atom is -0.386 e. The van der Waals surface area contributed by atoms with Crippen molar-refractivity contribution in [1.29, 1.82) is 0 Å². The fourth-order valence-electron chi connectivity index (χ4n) is 4.12. The fourth-order valence-corrected chi connectivity index (χ4v) is 4.12. The summed E-state index contributed by atoms with van der Waals surface area (Å²) in [5.41, 5.74) is 0.139. The van der Waals surface area contributed by atoms with Crippen molar-refractivity contribution in [2.24, 2.45) is 0 Å². The molecule has 0 amide bonds. The molecule has 3 fully saturated rings. The monoisotopic (exact) mass is 358 g/mol. The molecule has 4 heterocycles. The number of nitrogens with zero attached hydrogens (tertiary/aromatic N) is 6. The van der Waals surface area contributed by atoms with Gasteiger partial charge in [-0.15, -0.1) is 15.3 Å². The van der Waals surface area contributed by atoms with Crippen LogP contribution >= 0.6 is 0 Å². The van der Waals surface area contributed by atoms with Crippen LogP contribution in [-0.4, -0.2) is 81.4 Å². The second kappa shape index (κ2) is 6.14. The van der Waals surface area contributed by atoms with Gasteiger partial charge in [-0.05, 0) is 32.0 Å². The summed E-state index contributed by atoms with van der Waals surface area (Å²) in [6.07, 6.45) is 4.38. The van der Waals surface area contributed by atoms with E-state index >= 15 is 0 Å². The molecule has 1 atom stereocenters. The van der Waals surface area contributed by atoms with Gasteiger partial charge in [0.1, 0.15) is 11.4 Å². The molecule has 8 nitrogen and oxygen atoms in total. The molecule has 2 aromatic heterocycles. The third-order valence-corrected chi connectivity index (χ3v) is 6.18. The Hall–Kier alpha value is -1.77. The molecular weight excluding hydrogens is 332 g/mol. The maximum Gasteiger partial charge on any atom is 0.178 e. The second-order valence-electron chi connectivity index (χ2n) is 8.15. The zero-order valence-electron chi connectivity index (χ0n) is 15.2. The molecule has 3 aliphatic rings. The molecule has 0 bridgehead atoms. The largest absolute Gasteiger partial charge is 0.386 e. The van der Waals surface area contributed by atoms with Crippen molar-refractivity contribution in [3.05, 3.63) is 18.0 Å². The molecule has 8 heteroatoms. The first-order valence-corrected chi connectivity index (χ1v) is 9.59. The molecule has 140 valence electrons. The smallest absolute Gasteiger partial charge is 0.178 e. The number of hydrogen-bond acceptors (Lipinski definition) is 7. The topological polar surface area (TPSA) is 79.0 Å². The summed E-state index contributed by atoms with van der Waals surface area (Å²) in [7, 11) is 2.09. The van der Waals surface area contributed by atoms with Gasteiger partial charge in [0, 0.05) is 44.6 Å². The van der Waals surface area contributed by atoms with Gasteiger partial charge in [-0.2, -0.15) is 4.52 Å². The molecule has 26 heavy (non-hydrogen) atoms. The highest BCUT2D eigenvalue weighted by Crippen LogP contribution is 2.35. The van der Waals surface area contributed by atoms with E-state index in [2.05, 4.69) is 27.0 Å². The highest BCUT2D eigenvalue weighted by molar-refractivity contribution is 5.48. The second-order valence-corrected chi connectivity index (χ2v) is 8.15. The van der Waals surface area contributed by atoms with Crippen molar-refractivity contribution in [1.82, 2.24) is 24.7 Å². The van der Waals surface area contributed by atoms with Gasteiger partial charge in [0.15, 0.2) is 11.5 Å². The lowest BCUT2D eigenvalue weighted by Crippen LogP contribution is -2.61. The van der Waals surface area contributed by atoms with Gasteiger partial charge in [0.2, 0.25) is 0 Å². The molecule has 0 radical (unpaired) electrons. The van der Waals surface area contributed by atoms with Crippen LogP contribution in [0, 0.1) is 0 Å². The highest BCUT2D eigenvalue weighted by atomic mass is 16.5. The molecule has 0 spiro atoms. The molecule has 1 unspecified atom stereocenters. The SMILES string of the molecule is CN(CC1(O)CCOC1)C1CN(c2ccc3nnc(C4CCC4)n3n2)C1. The lowest BCUT2D eigenvalue weighted by molar-refractivity contribution is -0.0106. The summed E-state index contributed by atoms with van der Waals surface area (Å²) in [4.78, 5) is 4.53. The van der Waals surface area contributed by atoms with E-state index in [0.717, 1.165) is 36.8 Å². The lowest BCUT2D eigenvalue weighted by atomic mass is 9.85. The van der Waals surface area contributed by atoms with E-state index in [4.69, 9.17) is 9.84 Å². The molecule has 2 saturated heterocycles. The number of aromatic nitrogens is 4. The fraction of sp³-hybridized carbons (Fsp3) is 0.722. The Kier molecular flexibility index (Phi) is 3.88. The van der Waals surface area contributed by atoms with Gasteiger partial charge in [-0.25, -0.2) is 0 Å². The number of aliphatic hydroxyl groups is 1. The minimum absolute atomic E-state index is 0.434. The predicted molar refractivity (Wildman–Crippen MR) is 96.4 cm³/mol. The van der Waals surface area contributed by atoms with Gasteiger partial charge < -0.3 is 14.7 Å². The van der Waals surface area contributed by atoms with E-state index in [-0.39, 0.29) is 0 Å². The van der Waals surface area contributed by atoms with E-state index in [9.17, 15) is 5.11 Å². The molecular formula is C18H26N6O2. The molecule has 5 rings (SSSR count). The van der Waals surface area contributed by atoms with Gasteiger partial charge in [0.05, 0.1) is 6.61 Å². The standard InChI is InChI=1S/C18H26N6O2/c1-22(11-18(25)7-8-26-12-18)14-9-23(10-14)16-6-5-15-19-20-17(24(15)21-16)13-3-2-4-13/h5-6,13-14,25H,2-4,7-12H2,1H3. The quantitative estimate of drug-likeness (QED) is 0.841. The first kappa shape index (κ1) is 16.4. The Balaban J connectivity index is 1.25. The van der Waals surface area contributed by atoms with Crippen LogP contribution in [0.1, 0.15) is 37.4 Å². The summed E-state index contributed by atoms with van der Waals surface area (Å²) in [5.74, 6) is 2.49. The van der Waals surface area contributed by atoms with Crippen molar-refractivity contribution in [3.63, 3.8) is 0 Å². The number of likely N-dealkylation sites (N-methyl/N-ethyl adjacent to an activating group) is 1. The van der Waals surface area contributed by atoms with Crippen molar-refractivity contribution in [2.75, 3.05) is 44.8 Å². The van der Waals surface area contributed by atoms with Gasteiger partial charge in [-0.1, -0.05) is 6.42 Å². The molecule has 2 aromatic rings. The van der Waals surface area contributed by atoms with Crippen LogP contribution in [0.2, 0.25) is 0 Å². The normalized spacial score (nSPS) is 27.3. The highest BCUT2D eigenvalue weighted by Gasteiger charge is 2.38. The van der Waals surface area contributed by atoms with Gasteiger partial charge in [-0.3, -0.25) is 4.90 Å². The average molecular weight is 358 g/mol. The third-order valence-electron chi connectivity index (χ3n) is 6.18. The summed E-state index contributed by atoms with van der Waals surface area (Å²) >= 11 is 0. The minimum atomic E-state index is -0.688. The number of rotatable bonds is 5. The first-order chi connectivity index (χ1) is 12.6. The van der Waals surface area contributed by atoms with Crippen LogP contribution in [0.5, 0.6) is 0 Å². The van der Waals surface area contributed by atoms with Crippen molar-refractivity contribution in [3.8, 4) is 0 Å². The maximum absolute atomic E-state index is 10.5. The lowest BCUT2D eigenvalue weighted by Gasteiger charge is -2.46. The van der Waals surface area contributed by atoms with E-state index in [0.29, 0.717) is 31.7 Å². The molecule has 1 saturated carbocycles. The van der Waals surface area contributed by atoms with E-state index in [1.54, 1.807) is 0 Å². The Morgan fingerprint density at radius 3 is 2.85 bits per heavy atom. The molecule has 1 aliphatic carbocycles. The summed E-state index contributed by atoms with van der Waals surface area (Å²) < 4.78 is 7.27. The third kappa shape index (κ3) is 2.76. The molecule has 2 aliphatic heterocycles. The average Bonchev–Trinajstić information content (AvgIpc) is 3.11. The van der Waals surface area contributed by atoms with Crippen molar-refractivity contribution in [2.45, 2.75) is 43.2 Å². The van der Waals surface area contributed by atoms with E-state index in [1.165, 1.54) is 19.3 Å². The zero-order valence-corrected chi connectivity index (χ0v) is 15.2. The molecule has 0 aromatic carbocycles. The first-order valence-electron chi connectivity index (χ1n) is 9.59. The van der Waals surface area contributed by atoms with Crippen LogP contribution in [0.15, 0.2) is 12.1 Å².